The Labute approximate surface area is 189 Å². The Morgan fingerprint density at radius 2 is 1.72 bits per heavy atom. The minimum absolute atomic E-state index is 0.0482. The first-order chi connectivity index (χ1) is 15.4. The number of nitrogens with zero attached hydrogens (tertiary/aromatic N) is 2. The zero-order chi connectivity index (χ0) is 22.7. The van der Waals surface area contributed by atoms with Gasteiger partial charge in [-0.3, -0.25) is 14.6 Å². The number of amides is 2. The highest BCUT2D eigenvalue weighted by Crippen LogP contribution is 2.32. The highest BCUT2D eigenvalue weighted by Gasteiger charge is 2.37. The Bertz CT molecular complexity index is 959. The second-order valence-electron chi connectivity index (χ2n) is 9.60. The van der Waals surface area contributed by atoms with Crippen LogP contribution >= 0.6 is 0 Å². The van der Waals surface area contributed by atoms with Crippen LogP contribution in [0, 0.1) is 5.82 Å². The maximum Gasteiger partial charge on any atom is 0.253 e. The van der Waals surface area contributed by atoms with Gasteiger partial charge in [-0.25, -0.2) is 4.39 Å². The number of carbonyl (C=O) groups excluding carboxylic acids is 2. The minimum Gasteiger partial charge on any atom is -0.349 e. The lowest BCUT2D eigenvalue weighted by Gasteiger charge is -2.37. The molecule has 2 amide bonds. The summed E-state index contributed by atoms with van der Waals surface area (Å²) in [7, 11) is 0. The SMILES string of the molecule is CC(C)(C(=O)N1CCC(c2ccc(C(=O)NC3CCCC3)cn2)CC1)c1ccccc1F. The molecule has 2 heterocycles. The third-order valence-electron chi connectivity index (χ3n) is 7.02. The third kappa shape index (κ3) is 4.69. The van der Waals surface area contributed by atoms with Gasteiger partial charge < -0.3 is 10.2 Å². The highest BCUT2D eigenvalue weighted by atomic mass is 19.1. The van der Waals surface area contributed by atoms with Crippen LogP contribution in [0.15, 0.2) is 42.6 Å². The highest BCUT2D eigenvalue weighted by molar-refractivity contribution is 5.94. The Morgan fingerprint density at radius 3 is 2.34 bits per heavy atom. The molecule has 32 heavy (non-hydrogen) atoms. The molecule has 0 unspecified atom stereocenters. The summed E-state index contributed by atoms with van der Waals surface area (Å²) >= 11 is 0. The molecule has 1 aliphatic heterocycles. The number of halogens is 1. The first-order valence-electron chi connectivity index (χ1n) is 11.7. The third-order valence-corrected chi connectivity index (χ3v) is 7.02. The van der Waals surface area contributed by atoms with Crippen molar-refractivity contribution in [2.24, 2.45) is 0 Å². The normalized spacial score (nSPS) is 18.0. The summed E-state index contributed by atoms with van der Waals surface area (Å²) in [6.07, 6.45) is 7.75. The summed E-state index contributed by atoms with van der Waals surface area (Å²) in [5.41, 5.74) is 1.08. The molecule has 0 spiro atoms. The largest absolute Gasteiger partial charge is 0.349 e. The lowest BCUT2D eigenvalue weighted by Crippen LogP contribution is -2.47. The molecule has 1 aromatic heterocycles. The molecule has 6 heteroatoms. The maximum absolute atomic E-state index is 14.3. The fourth-order valence-corrected chi connectivity index (χ4v) is 4.98. The summed E-state index contributed by atoms with van der Waals surface area (Å²) in [5.74, 6) is -0.191. The van der Waals surface area contributed by atoms with Crippen molar-refractivity contribution in [3.05, 3.63) is 65.2 Å². The number of benzene rings is 1. The van der Waals surface area contributed by atoms with Crippen molar-refractivity contribution >= 4 is 11.8 Å². The Balaban J connectivity index is 1.34. The van der Waals surface area contributed by atoms with Crippen molar-refractivity contribution in [3.63, 3.8) is 0 Å². The molecule has 0 bridgehead atoms. The molecule has 1 saturated heterocycles. The number of likely N-dealkylation sites (tertiary alicyclic amines) is 1. The number of piperidine rings is 1. The molecule has 1 aromatic carbocycles. The molecule has 1 N–H and O–H groups in total. The van der Waals surface area contributed by atoms with E-state index in [0.717, 1.165) is 31.4 Å². The standard InChI is InChI=1S/C26H32FN3O2/c1-26(2,21-9-5-6-10-22(21)27)25(32)30-15-13-18(14-16-30)23-12-11-19(17-28-23)24(31)29-20-7-3-4-8-20/h5-6,9-12,17-18,20H,3-4,7-8,13-16H2,1-2H3,(H,29,31). The minimum atomic E-state index is -0.912. The van der Waals surface area contributed by atoms with E-state index < -0.39 is 5.41 Å². The fourth-order valence-electron chi connectivity index (χ4n) is 4.98. The second kappa shape index (κ2) is 9.39. The first-order valence-corrected chi connectivity index (χ1v) is 11.7. The van der Waals surface area contributed by atoms with Gasteiger partial charge in [0.2, 0.25) is 5.91 Å². The first kappa shape index (κ1) is 22.4. The van der Waals surface area contributed by atoms with Gasteiger partial charge in [-0.05, 0) is 57.7 Å². The molecule has 170 valence electrons. The predicted molar refractivity (Wildman–Crippen MR) is 122 cm³/mol. The van der Waals surface area contributed by atoms with Gasteiger partial charge in [0.05, 0.1) is 11.0 Å². The lowest BCUT2D eigenvalue weighted by molar-refractivity contribution is -0.137. The molecule has 1 aliphatic carbocycles. The molecule has 2 aromatic rings. The van der Waals surface area contributed by atoms with Gasteiger partial charge in [0.15, 0.2) is 0 Å². The van der Waals surface area contributed by atoms with Crippen molar-refractivity contribution in [2.45, 2.75) is 69.7 Å². The smallest absolute Gasteiger partial charge is 0.253 e. The number of hydrogen-bond acceptors (Lipinski definition) is 3. The van der Waals surface area contributed by atoms with E-state index in [1.165, 1.54) is 18.9 Å². The molecule has 2 fully saturated rings. The van der Waals surface area contributed by atoms with Crippen LogP contribution in [0.5, 0.6) is 0 Å². The molecule has 1 saturated carbocycles. The van der Waals surface area contributed by atoms with Crippen LogP contribution in [-0.2, 0) is 10.2 Å². The van der Waals surface area contributed by atoms with Crippen molar-refractivity contribution in [1.82, 2.24) is 15.2 Å². The average molecular weight is 438 g/mol. The lowest BCUT2D eigenvalue weighted by atomic mass is 9.81. The monoisotopic (exact) mass is 437 g/mol. The van der Waals surface area contributed by atoms with E-state index in [1.54, 1.807) is 38.2 Å². The Morgan fingerprint density at radius 1 is 1.03 bits per heavy atom. The van der Waals surface area contributed by atoms with Crippen molar-refractivity contribution < 1.29 is 14.0 Å². The summed E-state index contributed by atoms with van der Waals surface area (Å²) in [6.45, 7) is 4.81. The van der Waals surface area contributed by atoms with Gasteiger partial charge in [0.25, 0.3) is 5.91 Å². The molecule has 4 rings (SSSR count). The van der Waals surface area contributed by atoms with Crippen LogP contribution < -0.4 is 5.32 Å². The second-order valence-corrected chi connectivity index (χ2v) is 9.60. The van der Waals surface area contributed by atoms with E-state index in [1.807, 2.05) is 17.0 Å². The summed E-state index contributed by atoms with van der Waals surface area (Å²) in [6, 6.07) is 10.6. The Kier molecular flexibility index (Phi) is 6.58. The van der Waals surface area contributed by atoms with Gasteiger partial charge >= 0.3 is 0 Å². The number of rotatable bonds is 5. The van der Waals surface area contributed by atoms with Crippen LogP contribution in [0.4, 0.5) is 4.39 Å². The average Bonchev–Trinajstić information content (AvgIpc) is 3.32. The van der Waals surface area contributed by atoms with Crippen LogP contribution in [0.3, 0.4) is 0 Å². The van der Waals surface area contributed by atoms with E-state index in [2.05, 4.69) is 10.3 Å². The number of carbonyl (C=O) groups is 2. The number of pyridine rings is 1. The van der Waals surface area contributed by atoms with Crippen molar-refractivity contribution in [2.75, 3.05) is 13.1 Å². The summed E-state index contributed by atoms with van der Waals surface area (Å²) < 4.78 is 14.3. The van der Waals surface area contributed by atoms with Crippen LogP contribution in [0.1, 0.15) is 79.9 Å². The van der Waals surface area contributed by atoms with Crippen LogP contribution in [-0.4, -0.2) is 40.8 Å². The summed E-state index contributed by atoms with van der Waals surface area (Å²) in [5, 5.41) is 3.09. The van der Waals surface area contributed by atoms with E-state index in [9.17, 15) is 14.0 Å². The van der Waals surface area contributed by atoms with E-state index in [-0.39, 0.29) is 29.6 Å². The number of aromatic nitrogens is 1. The topological polar surface area (TPSA) is 62.3 Å². The molecule has 5 nitrogen and oxygen atoms in total. The van der Waals surface area contributed by atoms with E-state index in [0.29, 0.717) is 24.2 Å². The predicted octanol–water partition coefficient (Wildman–Crippen LogP) is 4.58. The molecule has 0 radical (unpaired) electrons. The zero-order valence-electron chi connectivity index (χ0n) is 18.9. The van der Waals surface area contributed by atoms with Crippen molar-refractivity contribution in [3.8, 4) is 0 Å². The fraction of sp³-hybridized carbons (Fsp3) is 0.500. The molecular formula is C26H32FN3O2. The van der Waals surface area contributed by atoms with Gasteiger partial charge in [-0.2, -0.15) is 0 Å². The Hall–Kier alpha value is -2.76. The molecule has 0 atom stereocenters. The quantitative estimate of drug-likeness (QED) is 0.745. The molecular weight excluding hydrogens is 405 g/mol. The van der Waals surface area contributed by atoms with Gasteiger partial charge in [0, 0.05) is 42.5 Å². The van der Waals surface area contributed by atoms with E-state index >= 15 is 0 Å². The van der Waals surface area contributed by atoms with Gasteiger partial charge in [0.1, 0.15) is 5.82 Å². The number of hydrogen-bond donors (Lipinski definition) is 1. The zero-order valence-corrected chi connectivity index (χ0v) is 18.9. The van der Waals surface area contributed by atoms with Crippen LogP contribution in [0.25, 0.3) is 0 Å². The van der Waals surface area contributed by atoms with Gasteiger partial charge in [-0.15, -0.1) is 0 Å². The van der Waals surface area contributed by atoms with Crippen LogP contribution in [0.2, 0.25) is 0 Å². The van der Waals surface area contributed by atoms with E-state index in [4.69, 9.17) is 0 Å². The maximum atomic E-state index is 14.3. The number of nitrogens with one attached hydrogen (secondary N) is 1. The molecule has 2 aliphatic rings. The van der Waals surface area contributed by atoms with Gasteiger partial charge in [-0.1, -0.05) is 31.0 Å². The summed E-state index contributed by atoms with van der Waals surface area (Å²) in [4.78, 5) is 32.0. The van der Waals surface area contributed by atoms with Crippen molar-refractivity contribution in [1.29, 1.82) is 0 Å².